The summed E-state index contributed by atoms with van der Waals surface area (Å²) < 4.78 is 27.1. The van der Waals surface area contributed by atoms with Crippen LogP contribution in [0.3, 0.4) is 0 Å². The van der Waals surface area contributed by atoms with Gasteiger partial charge in [-0.25, -0.2) is 23.1 Å². The highest BCUT2D eigenvalue weighted by Gasteiger charge is 2.24. The molecular formula is C14H19N3O6S2. The van der Waals surface area contributed by atoms with Crippen molar-refractivity contribution in [3.63, 3.8) is 0 Å². The zero-order chi connectivity index (χ0) is 18.6. The van der Waals surface area contributed by atoms with Gasteiger partial charge in [-0.2, -0.15) is 0 Å². The molecule has 0 bridgehead atoms. The van der Waals surface area contributed by atoms with E-state index < -0.39 is 34.0 Å². The van der Waals surface area contributed by atoms with E-state index in [1.54, 1.807) is 0 Å². The Bertz CT molecular complexity index is 767. The molecule has 25 heavy (non-hydrogen) atoms. The van der Waals surface area contributed by atoms with Gasteiger partial charge in [0.2, 0.25) is 10.0 Å². The molecule has 0 spiro atoms. The molecule has 1 heterocycles. The highest BCUT2D eigenvalue weighted by atomic mass is 32.2. The topological polar surface area (TPSA) is 145 Å². The summed E-state index contributed by atoms with van der Waals surface area (Å²) in [5, 5.41) is 11.0. The van der Waals surface area contributed by atoms with Gasteiger partial charge in [-0.15, -0.1) is 11.3 Å². The summed E-state index contributed by atoms with van der Waals surface area (Å²) >= 11 is 0.770. The fourth-order valence-electron chi connectivity index (χ4n) is 2.36. The van der Waals surface area contributed by atoms with Crippen LogP contribution in [-0.4, -0.2) is 38.5 Å². The Morgan fingerprint density at radius 2 is 1.96 bits per heavy atom. The summed E-state index contributed by atoms with van der Waals surface area (Å²) in [7, 11) is -3.91. The van der Waals surface area contributed by atoms with Crippen molar-refractivity contribution in [2.75, 3.05) is 0 Å². The molecule has 1 aromatic heterocycles. The molecule has 0 radical (unpaired) electrons. The minimum atomic E-state index is -3.91. The number of ether oxygens (including phenoxy) is 1. The van der Waals surface area contributed by atoms with Crippen molar-refractivity contribution in [2.45, 2.75) is 49.0 Å². The van der Waals surface area contributed by atoms with Crippen LogP contribution in [0.4, 0.5) is 4.79 Å². The van der Waals surface area contributed by atoms with E-state index in [4.69, 9.17) is 9.88 Å². The normalized spacial score (nSPS) is 16.2. The molecule has 1 atom stereocenters. The largest absolute Gasteiger partial charge is 0.449 e. The van der Waals surface area contributed by atoms with E-state index in [1.807, 2.05) is 0 Å². The van der Waals surface area contributed by atoms with Crippen molar-refractivity contribution in [2.24, 2.45) is 5.14 Å². The zero-order valence-electron chi connectivity index (χ0n) is 13.5. The highest BCUT2D eigenvalue weighted by molar-refractivity contribution is 7.91. The van der Waals surface area contributed by atoms with Crippen LogP contribution in [0.5, 0.6) is 0 Å². The van der Waals surface area contributed by atoms with Gasteiger partial charge in [-0.1, -0.05) is 12.8 Å². The number of sulfonamides is 1. The number of nitrogens with two attached hydrogens (primary N) is 1. The van der Waals surface area contributed by atoms with E-state index in [-0.39, 0.29) is 15.8 Å². The van der Waals surface area contributed by atoms with E-state index >= 15 is 0 Å². The number of carbonyl (C=O) groups excluding carboxylic acids is 3. The van der Waals surface area contributed by atoms with E-state index in [0.717, 1.165) is 43.1 Å². The Balaban J connectivity index is 1.86. The molecule has 1 fully saturated rings. The maximum Gasteiger partial charge on any atom is 0.339 e. The third kappa shape index (κ3) is 5.51. The molecular weight excluding hydrogens is 370 g/mol. The molecule has 1 aliphatic carbocycles. The first-order valence-electron chi connectivity index (χ1n) is 7.60. The van der Waals surface area contributed by atoms with Gasteiger partial charge in [-0.05, 0) is 25.8 Å². The predicted octanol–water partition coefficient (Wildman–Crippen LogP) is 0.709. The number of nitrogens with one attached hydrogen (secondary N) is 2. The first-order chi connectivity index (χ1) is 11.7. The number of amides is 3. The third-order valence-electron chi connectivity index (χ3n) is 3.67. The van der Waals surface area contributed by atoms with Gasteiger partial charge in [0.05, 0.1) is 5.56 Å². The van der Waals surface area contributed by atoms with E-state index in [9.17, 15) is 22.8 Å². The molecule has 0 saturated heterocycles. The number of carbonyl (C=O) groups is 3. The molecule has 138 valence electrons. The van der Waals surface area contributed by atoms with Gasteiger partial charge in [0, 0.05) is 11.4 Å². The molecule has 0 unspecified atom stereocenters. The number of imide groups is 1. The lowest BCUT2D eigenvalue weighted by atomic mass is 10.2. The van der Waals surface area contributed by atoms with E-state index in [0.29, 0.717) is 0 Å². The SMILES string of the molecule is C[C@@H](OC(=O)c1csc(S(N)(=O)=O)c1)C(=O)NC(=O)NC1CCCC1. The smallest absolute Gasteiger partial charge is 0.339 e. The van der Waals surface area contributed by atoms with Crippen LogP contribution in [0.1, 0.15) is 43.0 Å². The monoisotopic (exact) mass is 389 g/mol. The van der Waals surface area contributed by atoms with Crippen LogP contribution in [0.15, 0.2) is 15.7 Å². The van der Waals surface area contributed by atoms with Crippen molar-refractivity contribution in [1.29, 1.82) is 0 Å². The lowest BCUT2D eigenvalue weighted by Crippen LogP contribution is -2.47. The third-order valence-corrected chi connectivity index (χ3v) is 6.06. The quantitative estimate of drug-likeness (QED) is 0.633. The van der Waals surface area contributed by atoms with Crippen molar-refractivity contribution in [1.82, 2.24) is 10.6 Å². The first-order valence-corrected chi connectivity index (χ1v) is 10.0. The Labute approximate surface area is 149 Å². The van der Waals surface area contributed by atoms with Gasteiger partial charge >= 0.3 is 12.0 Å². The summed E-state index contributed by atoms with van der Waals surface area (Å²) in [6.45, 7) is 1.31. The number of hydrogen-bond acceptors (Lipinski definition) is 7. The predicted molar refractivity (Wildman–Crippen MR) is 89.5 cm³/mol. The fourth-order valence-corrected chi connectivity index (χ4v) is 3.93. The number of urea groups is 1. The van der Waals surface area contributed by atoms with Crippen LogP contribution < -0.4 is 15.8 Å². The second-order valence-electron chi connectivity index (χ2n) is 5.69. The molecule has 0 aromatic carbocycles. The summed E-state index contributed by atoms with van der Waals surface area (Å²) in [4.78, 5) is 35.5. The molecule has 4 N–H and O–H groups in total. The van der Waals surface area contributed by atoms with Crippen molar-refractivity contribution >= 4 is 39.3 Å². The van der Waals surface area contributed by atoms with Crippen LogP contribution >= 0.6 is 11.3 Å². The minimum Gasteiger partial charge on any atom is -0.449 e. The van der Waals surface area contributed by atoms with Crippen LogP contribution in [0.25, 0.3) is 0 Å². The maximum absolute atomic E-state index is 11.9. The summed E-state index contributed by atoms with van der Waals surface area (Å²) in [5.41, 5.74) is -0.0379. The van der Waals surface area contributed by atoms with Crippen LogP contribution in [0.2, 0.25) is 0 Å². The minimum absolute atomic E-state index is 0.0379. The Morgan fingerprint density at radius 1 is 1.32 bits per heavy atom. The number of thiophene rings is 1. The molecule has 0 aliphatic heterocycles. The second kappa shape index (κ2) is 7.93. The molecule has 3 amide bonds. The molecule has 2 rings (SSSR count). The molecule has 1 saturated carbocycles. The molecule has 9 nitrogen and oxygen atoms in total. The van der Waals surface area contributed by atoms with Crippen molar-refractivity contribution < 1.29 is 27.5 Å². The van der Waals surface area contributed by atoms with Gasteiger partial charge in [0.1, 0.15) is 4.21 Å². The molecule has 1 aliphatic rings. The van der Waals surface area contributed by atoms with Crippen LogP contribution in [-0.2, 0) is 19.6 Å². The van der Waals surface area contributed by atoms with Crippen molar-refractivity contribution in [3.05, 3.63) is 17.0 Å². The lowest BCUT2D eigenvalue weighted by Gasteiger charge is -2.15. The van der Waals surface area contributed by atoms with E-state index in [2.05, 4.69) is 10.6 Å². The summed E-state index contributed by atoms with van der Waals surface area (Å²) in [6.07, 6.45) is 2.59. The average molecular weight is 389 g/mol. The Morgan fingerprint density at radius 3 is 2.52 bits per heavy atom. The molecule has 1 aromatic rings. The number of esters is 1. The number of primary sulfonamides is 1. The van der Waals surface area contributed by atoms with Gasteiger partial charge in [0.25, 0.3) is 5.91 Å². The fraction of sp³-hybridized carbons (Fsp3) is 0.500. The highest BCUT2D eigenvalue weighted by Crippen LogP contribution is 2.20. The Hall–Kier alpha value is -1.98. The second-order valence-corrected chi connectivity index (χ2v) is 8.39. The number of rotatable bonds is 5. The zero-order valence-corrected chi connectivity index (χ0v) is 15.1. The molecule has 11 heteroatoms. The average Bonchev–Trinajstić information content (AvgIpc) is 3.17. The van der Waals surface area contributed by atoms with Gasteiger partial charge in [0.15, 0.2) is 6.10 Å². The van der Waals surface area contributed by atoms with Crippen molar-refractivity contribution in [3.8, 4) is 0 Å². The summed E-state index contributed by atoms with van der Waals surface area (Å²) in [6, 6.07) is 0.486. The summed E-state index contributed by atoms with van der Waals surface area (Å²) in [5.74, 6) is -1.66. The first kappa shape index (κ1) is 19.3. The lowest BCUT2D eigenvalue weighted by molar-refractivity contribution is -0.127. The standard InChI is InChI=1S/C14H19N3O6S2/c1-8(12(18)17-14(20)16-10-4-2-3-5-10)23-13(19)9-6-11(24-7-9)25(15,21)22/h6-8,10H,2-5H2,1H3,(H2,15,21,22)(H2,16,17,18,20)/t8-/m1/s1. The van der Waals surface area contributed by atoms with Crippen LogP contribution in [0, 0.1) is 0 Å². The number of hydrogen-bond donors (Lipinski definition) is 3. The maximum atomic E-state index is 11.9. The van der Waals surface area contributed by atoms with Gasteiger partial charge < -0.3 is 10.1 Å². The van der Waals surface area contributed by atoms with Gasteiger partial charge in [-0.3, -0.25) is 10.1 Å². The Kier molecular flexibility index (Phi) is 6.14. The van der Waals surface area contributed by atoms with E-state index in [1.165, 1.54) is 12.3 Å².